The van der Waals surface area contributed by atoms with Gasteiger partial charge in [0.25, 0.3) is 0 Å². The van der Waals surface area contributed by atoms with Crippen molar-refractivity contribution in [3.05, 3.63) is 0 Å². The molecule has 0 amide bonds. The van der Waals surface area contributed by atoms with Crippen molar-refractivity contribution >= 4 is 5.78 Å². The van der Waals surface area contributed by atoms with Gasteiger partial charge in [-0.2, -0.15) is 0 Å². The molecule has 1 aliphatic heterocycles. The van der Waals surface area contributed by atoms with Crippen LogP contribution in [0.25, 0.3) is 0 Å². The van der Waals surface area contributed by atoms with Gasteiger partial charge in [0.1, 0.15) is 5.78 Å². The molecule has 1 saturated heterocycles. The number of rotatable bonds is 4. The van der Waals surface area contributed by atoms with E-state index in [1.807, 2.05) is 0 Å². The van der Waals surface area contributed by atoms with E-state index in [2.05, 4.69) is 4.90 Å². The number of carbonyl (C=O) groups excluding carboxylic acids is 1. The first-order chi connectivity index (χ1) is 5.83. The largest absolute Gasteiger partial charge is 0.396 e. The highest BCUT2D eigenvalue weighted by molar-refractivity contribution is 5.80. The van der Waals surface area contributed by atoms with Crippen molar-refractivity contribution in [2.45, 2.75) is 25.7 Å². The number of aliphatic hydroxyl groups excluding tert-OH is 1. The van der Waals surface area contributed by atoms with Crippen molar-refractivity contribution in [2.75, 3.05) is 26.2 Å². The second kappa shape index (κ2) is 5.27. The number of aliphatic hydroxyl groups is 1. The average Bonchev–Trinajstić information content (AvgIpc) is 2.06. The monoisotopic (exact) mass is 171 g/mol. The molecule has 12 heavy (non-hydrogen) atoms. The van der Waals surface area contributed by atoms with E-state index in [0.717, 1.165) is 13.1 Å². The molecule has 0 aromatic rings. The highest BCUT2D eigenvalue weighted by Gasteiger charge is 2.12. The number of Topliss-reactive ketones (excluding diaryl/α,β-unsaturated/α-hetero) is 1. The van der Waals surface area contributed by atoms with E-state index in [1.165, 1.54) is 19.3 Å². The van der Waals surface area contributed by atoms with Crippen molar-refractivity contribution in [3.63, 3.8) is 0 Å². The third-order valence-corrected chi connectivity index (χ3v) is 2.24. The van der Waals surface area contributed by atoms with Crippen molar-refractivity contribution in [1.29, 1.82) is 0 Å². The van der Waals surface area contributed by atoms with Crippen molar-refractivity contribution < 1.29 is 9.90 Å². The molecule has 70 valence electrons. The quantitative estimate of drug-likeness (QED) is 0.666. The Morgan fingerprint density at radius 1 is 1.25 bits per heavy atom. The van der Waals surface area contributed by atoms with Gasteiger partial charge in [-0.15, -0.1) is 0 Å². The van der Waals surface area contributed by atoms with Crippen LogP contribution in [-0.2, 0) is 4.79 Å². The maximum Gasteiger partial charge on any atom is 0.149 e. The number of likely N-dealkylation sites (tertiary alicyclic amines) is 1. The first-order valence-corrected chi connectivity index (χ1v) is 4.68. The number of hydrogen-bond acceptors (Lipinski definition) is 3. The maximum atomic E-state index is 11.1. The van der Waals surface area contributed by atoms with Gasteiger partial charge in [-0.1, -0.05) is 6.42 Å². The molecule has 0 spiro atoms. The lowest BCUT2D eigenvalue weighted by Gasteiger charge is -2.25. The second-order valence-electron chi connectivity index (χ2n) is 3.35. The summed E-state index contributed by atoms with van der Waals surface area (Å²) in [7, 11) is 0. The van der Waals surface area contributed by atoms with E-state index < -0.39 is 0 Å². The summed E-state index contributed by atoms with van der Waals surface area (Å²) in [6.45, 7) is 2.64. The Bertz CT molecular complexity index is 141. The molecule has 1 aliphatic rings. The lowest BCUT2D eigenvalue weighted by molar-refractivity contribution is -0.121. The van der Waals surface area contributed by atoms with Gasteiger partial charge >= 0.3 is 0 Å². The molecule has 1 rings (SSSR count). The minimum Gasteiger partial charge on any atom is -0.396 e. The Morgan fingerprint density at radius 3 is 2.50 bits per heavy atom. The second-order valence-corrected chi connectivity index (χ2v) is 3.35. The van der Waals surface area contributed by atoms with Crippen LogP contribution in [0.3, 0.4) is 0 Å². The summed E-state index contributed by atoms with van der Waals surface area (Å²) in [4.78, 5) is 13.3. The Labute approximate surface area is 73.4 Å². The zero-order valence-electron chi connectivity index (χ0n) is 7.46. The van der Waals surface area contributed by atoms with Gasteiger partial charge in [-0.3, -0.25) is 9.69 Å². The minimum absolute atomic E-state index is 0.00727. The topological polar surface area (TPSA) is 40.5 Å². The molecule has 3 heteroatoms. The van der Waals surface area contributed by atoms with E-state index >= 15 is 0 Å². The van der Waals surface area contributed by atoms with E-state index in [-0.39, 0.29) is 12.4 Å². The number of nitrogens with zero attached hydrogens (tertiary/aromatic N) is 1. The number of hydrogen-bond donors (Lipinski definition) is 1. The zero-order valence-corrected chi connectivity index (χ0v) is 7.46. The van der Waals surface area contributed by atoms with Crippen LogP contribution in [0.15, 0.2) is 0 Å². The number of carbonyl (C=O) groups is 1. The van der Waals surface area contributed by atoms with E-state index in [1.54, 1.807) is 0 Å². The van der Waals surface area contributed by atoms with Crippen LogP contribution < -0.4 is 0 Å². The van der Waals surface area contributed by atoms with Crippen LogP contribution in [0.1, 0.15) is 25.7 Å². The summed E-state index contributed by atoms with van der Waals surface area (Å²) in [6, 6.07) is 0. The van der Waals surface area contributed by atoms with Gasteiger partial charge in [0.15, 0.2) is 0 Å². The fraction of sp³-hybridized carbons (Fsp3) is 0.889. The van der Waals surface area contributed by atoms with Crippen LogP contribution in [0.5, 0.6) is 0 Å². The van der Waals surface area contributed by atoms with E-state index in [4.69, 9.17) is 5.11 Å². The van der Waals surface area contributed by atoms with Crippen molar-refractivity contribution in [2.24, 2.45) is 0 Å². The van der Waals surface area contributed by atoms with Gasteiger partial charge in [0.2, 0.25) is 0 Å². The molecule has 0 radical (unpaired) electrons. The predicted molar refractivity (Wildman–Crippen MR) is 47.0 cm³/mol. The maximum absolute atomic E-state index is 11.1. The molecular formula is C9H17NO2. The summed E-state index contributed by atoms with van der Waals surface area (Å²) >= 11 is 0. The third-order valence-electron chi connectivity index (χ3n) is 2.24. The molecule has 0 saturated carbocycles. The molecule has 3 nitrogen and oxygen atoms in total. The Hall–Kier alpha value is -0.410. The van der Waals surface area contributed by atoms with Gasteiger partial charge in [0.05, 0.1) is 13.2 Å². The molecule has 0 atom stereocenters. The molecule has 1 heterocycles. The normalized spacial score (nSPS) is 19.4. The third kappa shape index (κ3) is 3.32. The number of piperidine rings is 1. The molecule has 0 aliphatic carbocycles. The first-order valence-electron chi connectivity index (χ1n) is 4.68. The molecule has 1 N–H and O–H groups in total. The molecule has 0 unspecified atom stereocenters. The van der Waals surface area contributed by atoms with Crippen LogP contribution in [0.4, 0.5) is 0 Å². The van der Waals surface area contributed by atoms with Crippen molar-refractivity contribution in [1.82, 2.24) is 4.90 Å². The van der Waals surface area contributed by atoms with Crippen LogP contribution in [0.2, 0.25) is 0 Å². The Kier molecular flexibility index (Phi) is 4.25. The lowest BCUT2D eigenvalue weighted by atomic mass is 10.1. The zero-order chi connectivity index (χ0) is 8.81. The fourth-order valence-electron chi connectivity index (χ4n) is 1.57. The molecular weight excluding hydrogens is 154 g/mol. The standard InChI is InChI=1S/C9H17NO2/c11-7-4-9(12)8-10-5-2-1-3-6-10/h11H,1-8H2. The lowest BCUT2D eigenvalue weighted by Crippen LogP contribution is -2.34. The SMILES string of the molecule is O=C(CCO)CN1CCCCC1. The molecule has 0 aromatic heterocycles. The molecule has 0 bridgehead atoms. The average molecular weight is 171 g/mol. The van der Waals surface area contributed by atoms with Crippen LogP contribution in [-0.4, -0.2) is 42.0 Å². The van der Waals surface area contributed by atoms with E-state index in [0.29, 0.717) is 13.0 Å². The summed E-state index contributed by atoms with van der Waals surface area (Å²) in [5, 5.41) is 8.53. The fourth-order valence-corrected chi connectivity index (χ4v) is 1.57. The van der Waals surface area contributed by atoms with Gasteiger partial charge < -0.3 is 5.11 Å². The Morgan fingerprint density at radius 2 is 1.92 bits per heavy atom. The molecule has 1 fully saturated rings. The number of ketones is 1. The van der Waals surface area contributed by atoms with Gasteiger partial charge in [-0.25, -0.2) is 0 Å². The minimum atomic E-state index is -0.00727. The predicted octanol–water partition coefficient (Wildman–Crippen LogP) is 0.424. The first kappa shape index (κ1) is 9.68. The van der Waals surface area contributed by atoms with Crippen LogP contribution >= 0.6 is 0 Å². The summed E-state index contributed by atoms with van der Waals surface area (Å²) < 4.78 is 0. The van der Waals surface area contributed by atoms with E-state index in [9.17, 15) is 4.79 Å². The van der Waals surface area contributed by atoms with Crippen LogP contribution in [0, 0.1) is 0 Å². The smallest absolute Gasteiger partial charge is 0.149 e. The molecule has 0 aromatic carbocycles. The highest BCUT2D eigenvalue weighted by atomic mass is 16.3. The summed E-state index contributed by atoms with van der Waals surface area (Å²) in [5.41, 5.74) is 0. The summed E-state index contributed by atoms with van der Waals surface area (Å²) in [6.07, 6.45) is 4.04. The van der Waals surface area contributed by atoms with Gasteiger partial charge in [-0.05, 0) is 25.9 Å². The Balaban J connectivity index is 2.15. The van der Waals surface area contributed by atoms with Crippen molar-refractivity contribution in [3.8, 4) is 0 Å². The van der Waals surface area contributed by atoms with Gasteiger partial charge in [0, 0.05) is 6.42 Å². The summed E-state index contributed by atoms with van der Waals surface area (Å²) in [5.74, 6) is 0.166. The highest BCUT2D eigenvalue weighted by Crippen LogP contribution is 2.08.